The minimum absolute atomic E-state index is 0.284. The quantitative estimate of drug-likeness (QED) is 0.212. The summed E-state index contributed by atoms with van der Waals surface area (Å²) in [6, 6.07) is 3.17. The van der Waals surface area contributed by atoms with E-state index in [4.69, 9.17) is 38.7 Å². The molecule has 0 amide bonds. The van der Waals surface area contributed by atoms with Gasteiger partial charge in [-0.2, -0.15) is 0 Å². The molecule has 1 aromatic rings. The lowest BCUT2D eigenvalue weighted by Crippen LogP contribution is -3.11. The maximum absolute atomic E-state index is 12.5. The first-order chi connectivity index (χ1) is 17.7. The van der Waals surface area contributed by atoms with E-state index in [9.17, 15) is 9.59 Å². The number of aliphatic carboxylic acids is 2. The number of carbonyl (C=O) groups excluding carboxylic acids is 3. The van der Waals surface area contributed by atoms with Crippen LogP contribution in [0.4, 0.5) is 0 Å². The van der Waals surface area contributed by atoms with Crippen LogP contribution in [-0.4, -0.2) is 76.4 Å². The van der Waals surface area contributed by atoms with Gasteiger partial charge in [0.15, 0.2) is 17.5 Å². The van der Waals surface area contributed by atoms with Crippen LogP contribution in [0.25, 0.3) is 0 Å². The maximum Gasteiger partial charge on any atom is 0.351 e. The van der Waals surface area contributed by atoms with Crippen molar-refractivity contribution in [3.05, 3.63) is 17.7 Å². The highest BCUT2D eigenvalue weighted by atomic mass is 16.5. The number of methoxy groups -OCH3 is 3. The van der Waals surface area contributed by atoms with E-state index in [-0.39, 0.29) is 5.92 Å². The molecular formula is C26H39NO10. The fraction of sp³-hybridized carbons (Fsp3) is 0.615. The van der Waals surface area contributed by atoms with Crippen LogP contribution in [0, 0.1) is 5.92 Å². The number of carbonyl (C=O) groups is 4. The second-order valence-corrected chi connectivity index (χ2v) is 8.65. The van der Waals surface area contributed by atoms with Crippen LogP contribution in [0.5, 0.6) is 17.2 Å². The van der Waals surface area contributed by atoms with Crippen LogP contribution in [0.3, 0.4) is 0 Å². The van der Waals surface area contributed by atoms with E-state index < -0.39 is 17.9 Å². The highest BCUT2D eigenvalue weighted by Gasteiger charge is 2.22. The zero-order chi connectivity index (χ0) is 27.8. The molecule has 0 bridgehead atoms. The van der Waals surface area contributed by atoms with Crippen LogP contribution in [0.15, 0.2) is 12.1 Å². The molecule has 1 aliphatic rings. The number of carboxylic acid groups (broad SMARTS) is 2. The van der Waals surface area contributed by atoms with Crippen LogP contribution in [0.2, 0.25) is 0 Å². The predicted molar refractivity (Wildman–Crippen MR) is 131 cm³/mol. The molecule has 0 saturated heterocycles. The number of ether oxygens (including phenoxy) is 4. The van der Waals surface area contributed by atoms with Crippen LogP contribution in [0.1, 0.15) is 62.2 Å². The lowest BCUT2D eigenvalue weighted by Gasteiger charge is -2.22. The number of nitrogens with one attached hydrogen (secondary N) is 1. The fourth-order valence-electron chi connectivity index (χ4n) is 4.18. The van der Waals surface area contributed by atoms with E-state index in [1.54, 1.807) is 12.1 Å². The number of esters is 1. The van der Waals surface area contributed by atoms with Crippen molar-refractivity contribution < 1.29 is 53.2 Å². The molecule has 1 aliphatic carbocycles. The van der Waals surface area contributed by atoms with Crippen molar-refractivity contribution in [2.75, 3.05) is 47.6 Å². The van der Waals surface area contributed by atoms with Gasteiger partial charge in [-0.3, -0.25) is 4.79 Å². The molecule has 0 aromatic heterocycles. The molecular weight excluding hydrogens is 486 g/mol. The van der Waals surface area contributed by atoms with E-state index in [2.05, 4.69) is 6.92 Å². The van der Waals surface area contributed by atoms with Crippen LogP contribution < -0.4 is 24.2 Å². The Morgan fingerprint density at radius 1 is 0.973 bits per heavy atom. The van der Waals surface area contributed by atoms with Crippen molar-refractivity contribution in [2.45, 2.75) is 51.9 Å². The van der Waals surface area contributed by atoms with Gasteiger partial charge in [-0.1, -0.05) is 19.3 Å². The molecule has 0 radical (unpaired) electrons. The molecule has 2 N–H and O–H groups in total. The molecule has 1 fully saturated rings. The Morgan fingerprint density at radius 3 is 2.00 bits per heavy atom. The smallest absolute Gasteiger partial charge is 0.351 e. The first-order valence-corrected chi connectivity index (χ1v) is 12.5. The Hall–Kier alpha value is -3.34. The SMILES string of the molecule is CC[NH+](CCCOC(=O)c1cc(OC)c(OC)c(OC)c1)CCC(=O)C1CCCCC1.O=C([O-])C(=O)O. The van der Waals surface area contributed by atoms with Gasteiger partial charge < -0.3 is 38.9 Å². The first kappa shape index (κ1) is 31.7. The highest BCUT2D eigenvalue weighted by Crippen LogP contribution is 2.38. The molecule has 37 heavy (non-hydrogen) atoms. The molecule has 11 nitrogen and oxygen atoms in total. The zero-order valence-electron chi connectivity index (χ0n) is 22.1. The van der Waals surface area contributed by atoms with Crippen molar-refractivity contribution in [2.24, 2.45) is 5.92 Å². The summed E-state index contributed by atoms with van der Waals surface area (Å²) in [5, 5.41) is 16.3. The molecule has 2 rings (SSSR count). The van der Waals surface area contributed by atoms with Gasteiger partial charge in [0.2, 0.25) is 5.75 Å². The normalized spacial score (nSPS) is 13.9. The largest absolute Gasteiger partial charge is 0.539 e. The number of carboxylic acids is 2. The molecule has 1 aromatic carbocycles. The number of quaternary nitrogens is 1. The van der Waals surface area contributed by atoms with Gasteiger partial charge >= 0.3 is 11.9 Å². The zero-order valence-corrected chi connectivity index (χ0v) is 22.1. The van der Waals surface area contributed by atoms with E-state index in [1.165, 1.54) is 45.5 Å². The van der Waals surface area contributed by atoms with Crippen molar-refractivity contribution in [3.8, 4) is 17.2 Å². The van der Waals surface area contributed by atoms with Crippen molar-refractivity contribution in [1.82, 2.24) is 0 Å². The number of hydrogen-bond donors (Lipinski definition) is 2. The lowest BCUT2D eigenvalue weighted by molar-refractivity contribution is -0.897. The number of rotatable bonds is 13. The van der Waals surface area contributed by atoms with Gasteiger partial charge in [0.25, 0.3) is 0 Å². The molecule has 208 valence electrons. The van der Waals surface area contributed by atoms with E-state index in [0.717, 1.165) is 38.9 Å². The van der Waals surface area contributed by atoms with Crippen molar-refractivity contribution >= 4 is 23.7 Å². The number of hydrogen-bond acceptors (Lipinski definition) is 9. The number of ketones is 1. The lowest BCUT2D eigenvalue weighted by atomic mass is 9.85. The van der Waals surface area contributed by atoms with Crippen LogP contribution in [-0.2, 0) is 19.1 Å². The molecule has 0 spiro atoms. The van der Waals surface area contributed by atoms with Crippen LogP contribution >= 0.6 is 0 Å². The Labute approximate surface area is 217 Å². The van der Waals surface area contributed by atoms with Crippen molar-refractivity contribution in [1.29, 1.82) is 0 Å². The summed E-state index contributed by atoms with van der Waals surface area (Å²) in [6.45, 7) is 5.14. The summed E-state index contributed by atoms with van der Waals surface area (Å²) in [7, 11) is 4.53. The Kier molecular flexibility index (Phi) is 14.7. The summed E-state index contributed by atoms with van der Waals surface area (Å²) < 4.78 is 21.3. The van der Waals surface area contributed by atoms with Gasteiger partial charge in [0, 0.05) is 12.3 Å². The third-order valence-corrected chi connectivity index (χ3v) is 6.27. The Morgan fingerprint density at radius 2 is 1.54 bits per heavy atom. The average Bonchev–Trinajstić information content (AvgIpc) is 2.92. The van der Waals surface area contributed by atoms with E-state index in [1.807, 2.05) is 0 Å². The summed E-state index contributed by atoms with van der Waals surface area (Å²) in [5.74, 6) is -2.46. The summed E-state index contributed by atoms with van der Waals surface area (Å²) in [6.07, 6.45) is 7.19. The van der Waals surface area contributed by atoms with Gasteiger partial charge in [0.05, 0.1) is 59.6 Å². The second-order valence-electron chi connectivity index (χ2n) is 8.65. The molecule has 1 unspecified atom stereocenters. The molecule has 1 saturated carbocycles. The Bertz CT molecular complexity index is 858. The predicted octanol–water partition coefficient (Wildman–Crippen LogP) is 0.525. The van der Waals surface area contributed by atoms with Gasteiger partial charge in [-0.15, -0.1) is 0 Å². The third kappa shape index (κ3) is 11.1. The molecule has 1 atom stereocenters. The third-order valence-electron chi connectivity index (χ3n) is 6.27. The topological polar surface area (TPSA) is 153 Å². The summed E-state index contributed by atoms with van der Waals surface area (Å²) in [4.78, 5) is 44.3. The minimum Gasteiger partial charge on any atom is -0.539 e. The molecule has 0 aliphatic heterocycles. The average molecular weight is 526 g/mol. The first-order valence-electron chi connectivity index (χ1n) is 12.5. The van der Waals surface area contributed by atoms with Gasteiger partial charge in [-0.05, 0) is 31.9 Å². The van der Waals surface area contributed by atoms with E-state index in [0.29, 0.717) is 41.6 Å². The van der Waals surface area contributed by atoms with E-state index >= 15 is 0 Å². The van der Waals surface area contributed by atoms with Gasteiger partial charge in [0.1, 0.15) is 5.78 Å². The molecule has 11 heteroatoms. The fourth-order valence-corrected chi connectivity index (χ4v) is 4.18. The minimum atomic E-state index is -2.07. The monoisotopic (exact) mass is 525 g/mol. The Balaban J connectivity index is 0.00000102. The number of benzene rings is 1. The standard InChI is InChI=1S/C24H37NO6.C2H2O4/c1-5-25(14-12-20(26)18-10-7-6-8-11-18)13-9-15-31-24(27)19-16-21(28-2)23(30-4)22(17-19)29-3;3-1(4)2(5)6/h16-18H,5-15H2,1-4H3;(H,3,4)(H,5,6). The molecule has 0 heterocycles. The highest BCUT2D eigenvalue weighted by molar-refractivity contribution is 6.26. The maximum atomic E-state index is 12.5. The summed E-state index contributed by atoms with van der Waals surface area (Å²) >= 11 is 0. The van der Waals surface area contributed by atoms with Gasteiger partial charge in [-0.25, -0.2) is 9.59 Å². The second kappa shape index (κ2) is 17.2. The number of Topliss-reactive ketones (excluding diaryl/α,β-unsaturated/α-hetero) is 1. The summed E-state index contributed by atoms with van der Waals surface area (Å²) in [5.41, 5.74) is 0.354. The van der Waals surface area contributed by atoms with Crippen molar-refractivity contribution in [3.63, 3.8) is 0 Å².